The molecule has 2 rings (SSSR count). The second-order valence-electron chi connectivity index (χ2n) is 6.36. The predicted octanol–water partition coefficient (Wildman–Crippen LogP) is 3.91. The van der Waals surface area contributed by atoms with Crippen molar-refractivity contribution in [1.82, 2.24) is 5.32 Å². The molecular weight excluding hydrogens is 326 g/mol. The summed E-state index contributed by atoms with van der Waals surface area (Å²) in [7, 11) is 0. The van der Waals surface area contributed by atoms with Crippen LogP contribution in [0.2, 0.25) is 0 Å². The first-order valence-corrected chi connectivity index (χ1v) is 8.57. The van der Waals surface area contributed by atoms with Gasteiger partial charge in [0.2, 0.25) is 0 Å². The first-order chi connectivity index (χ1) is 11.2. The maximum absolute atomic E-state index is 11.8. The lowest BCUT2D eigenvalue weighted by Gasteiger charge is -2.21. The van der Waals surface area contributed by atoms with Crippen molar-refractivity contribution in [3.05, 3.63) is 42.5 Å². The van der Waals surface area contributed by atoms with Crippen molar-refractivity contribution >= 4 is 34.6 Å². The quantitative estimate of drug-likeness (QED) is 0.802. The zero-order chi connectivity index (χ0) is 17.7. The van der Waals surface area contributed by atoms with Gasteiger partial charge < -0.3 is 15.2 Å². The minimum Gasteiger partial charge on any atom is -0.480 e. The van der Waals surface area contributed by atoms with E-state index < -0.39 is 23.7 Å². The van der Waals surface area contributed by atoms with E-state index in [1.165, 1.54) is 11.8 Å². The summed E-state index contributed by atoms with van der Waals surface area (Å²) < 4.78 is 5.11. The molecular formula is C18H21NO4S. The van der Waals surface area contributed by atoms with Crippen molar-refractivity contribution in [2.75, 3.05) is 5.75 Å². The predicted molar refractivity (Wildman–Crippen MR) is 95.5 cm³/mol. The highest BCUT2D eigenvalue weighted by Gasteiger charge is 2.24. The van der Waals surface area contributed by atoms with Crippen LogP contribution in [-0.4, -0.2) is 34.6 Å². The Balaban J connectivity index is 1.99. The lowest BCUT2D eigenvalue weighted by Crippen LogP contribution is -2.44. The fraction of sp³-hybridized carbons (Fsp3) is 0.333. The van der Waals surface area contributed by atoms with Gasteiger partial charge >= 0.3 is 12.1 Å². The number of ether oxygens (including phenoxy) is 1. The summed E-state index contributed by atoms with van der Waals surface area (Å²) in [6, 6.07) is 12.9. The maximum Gasteiger partial charge on any atom is 0.408 e. The third-order valence-corrected chi connectivity index (χ3v) is 4.21. The van der Waals surface area contributed by atoms with Gasteiger partial charge in [0, 0.05) is 10.6 Å². The average molecular weight is 347 g/mol. The van der Waals surface area contributed by atoms with Gasteiger partial charge in [-0.2, -0.15) is 0 Å². The van der Waals surface area contributed by atoms with Gasteiger partial charge in [0.25, 0.3) is 0 Å². The van der Waals surface area contributed by atoms with Crippen LogP contribution in [0.3, 0.4) is 0 Å². The number of carboxylic acid groups (broad SMARTS) is 1. The minimum absolute atomic E-state index is 0.215. The number of benzene rings is 2. The molecule has 2 N–H and O–H groups in total. The molecule has 0 aliphatic heterocycles. The third-order valence-electron chi connectivity index (χ3n) is 3.13. The largest absolute Gasteiger partial charge is 0.480 e. The Hall–Kier alpha value is -2.21. The summed E-state index contributed by atoms with van der Waals surface area (Å²) in [6.07, 6.45) is -0.728. The first kappa shape index (κ1) is 18.1. The highest BCUT2D eigenvalue weighted by molar-refractivity contribution is 7.99. The Labute approximate surface area is 145 Å². The Kier molecular flexibility index (Phi) is 5.72. The fourth-order valence-corrected chi connectivity index (χ4v) is 3.02. The Morgan fingerprint density at radius 3 is 2.46 bits per heavy atom. The molecule has 0 aliphatic rings. The highest BCUT2D eigenvalue weighted by Crippen LogP contribution is 2.24. The van der Waals surface area contributed by atoms with Crippen LogP contribution in [0.25, 0.3) is 10.8 Å². The van der Waals surface area contributed by atoms with Crippen LogP contribution in [0.5, 0.6) is 0 Å². The Morgan fingerprint density at radius 1 is 1.17 bits per heavy atom. The van der Waals surface area contributed by atoms with Crippen molar-refractivity contribution in [2.24, 2.45) is 0 Å². The van der Waals surface area contributed by atoms with Crippen LogP contribution in [0.1, 0.15) is 20.8 Å². The van der Waals surface area contributed by atoms with Crippen molar-refractivity contribution in [2.45, 2.75) is 37.3 Å². The summed E-state index contributed by atoms with van der Waals surface area (Å²) in [5.41, 5.74) is -0.668. The van der Waals surface area contributed by atoms with E-state index in [4.69, 9.17) is 4.74 Å². The van der Waals surface area contributed by atoms with Gasteiger partial charge in [0.05, 0.1) is 0 Å². The lowest BCUT2D eigenvalue weighted by atomic mass is 10.1. The van der Waals surface area contributed by atoms with E-state index in [1.54, 1.807) is 20.8 Å². The zero-order valence-corrected chi connectivity index (χ0v) is 14.7. The van der Waals surface area contributed by atoms with E-state index in [9.17, 15) is 14.7 Å². The van der Waals surface area contributed by atoms with Crippen LogP contribution in [0.15, 0.2) is 47.4 Å². The van der Waals surface area contributed by atoms with Crippen molar-refractivity contribution in [3.63, 3.8) is 0 Å². The third kappa shape index (κ3) is 5.45. The van der Waals surface area contributed by atoms with Gasteiger partial charge in [0.15, 0.2) is 0 Å². The molecule has 0 radical (unpaired) electrons. The molecule has 2 aromatic rings. The number of hydrogen-bond donors (Lipinski definition) is 2. The molecule has 2 aromatic carbocycles. The molecule has 6 heteroatoms. The standard InChI is InChI=1S/C18H21NO4S/c1-18(2,3)23-17(22)19-15(16(20)21)11-24-14-9-8-12-6-4-5-7-13(12)10-14/h4-10,15H,11H2,1-3H3,(H,19,22)(H,20,21)/t15-/m0/s1. The number of fused-ring (bicyclic) bond motifs is 1. The molecule has 128 valence electrons. The minimum atomic E-state index is -1.09. The zero-order valence-electron chi connectivity index (χ0n) is 13.9. The number of carboxylic acids is 1. The first-order valence-electron chi connectivity index (χ1n) is 7.58. The second kappa shape index (κ2) is 7.57. The SMILES string of the molecule is CC(C)(C)OC(=O)N[C@@H](CSc1ccc2ccccc2c1)C(=O)O. The lowest BCUT2D eigenvalue weighted by molar-refractivity contribution is -0.138. The molecule has 0 fully saturated rings. The summed E-state index contributed by atoms with van der Waals surface area (Å²) in [4.78, 5) is 24.1. The van der Waals surface area contributed by atoms with E-state index in [-0.39, 0.29) is 5.75 Å². The maximum atomic E-state index is 11.8. The normalized spacial score (nSPS) is 12.6. The molecule has 0 aliphatic carbocycles. The van der Waals surface area contributed by atoms with E-state index in [0.717, 1.165) is 15.7 Å². The number of rotatable bonds is 5. The molecule has 1 amide bonds. The Bertz CT molecular complexity index is 739. The summed E-state index contributed by atoms with van der Waals surface area (Å²) in [6.45, 7) is 5.19. The summed E-state index contributed by atoms with van der Waals surface area (Å²) >= 11 is 1.38. The van der Waals surface area contributed by atoms with E-state index in [2.05, 4.69) is 5.32 Å². The number of thioether (sulfide) groups is 1. The molecule has 0 unspecified atom stereocenters. The van der Waals surface area contributed by atoms with Crippen molar-refractivity contribution in [1.29, 1.82) is 0 Å². The Morgan fingerprint density at radius 2 is 1.83 bits per heavy atom. The number of amides is 1. The molecule has 5 nitrogen and oxygen atoms in total. The monoisotopic (exact) mass is 347 g/mol. The fourth-order valence-electron chi connectivity index (χ4n) is 2.06. The van der Waals surface area contributed by atoms with Gasteiger partial charge in [-0.05, 0) is 43.7 Å². The highest BCUT2D eigenvalue weighted by atomic mass is 32.2. The van der Waals surface area contributed by atoms with Crippen molar-refractivity contribution < 1.29 is 19.4 Å². The summed E-state index contributed by atoms with van der Waals surface area (Å²) in [5, 5.41) is 13.9. The van der Waals surface area contributed by atoms with Crippen LogP contribution in [0.4, 0.5) is 4.79 Å². The number of aliphatic carboxylic acids is 1. The molecule has 0 bridgehead atoms. The van der Waals surface area contributed by atoms with Gasteiger partial charge in [0.1, 0.15) is 11.6 Å². The van der Waals surface area contributed by atoms with Crippen LogP contribution in [-0.2, 0) is 9.53 Å². The smallest absolute Gasteiger partial charge is 0.408 e. The van der Waals surface area contributed by atoms with Gasteiger partial charge in [-0.25, -0.2) is 9.59 Å². The molecule has 24 heavy (non-hydrogen) atoms. The van der Waals surface area contributed by atoms with Gasteiger partial charge in [-0.3, -0.25) is 0 Å². The average Bonchev–Trinajstić information content (AvgIpc) is 2.49. The molecule has 0 saturated carbocycles. The second-order valence-corrected chi connectivity index (χ2v) is 7.45. The molecule has 1 atom stereocenters. The van der Waals surface area contributed by atoms with Crippen LogP contribution >= 0.6 is 11.8 Å². The van der Waals surface area contributed by atoms with Crippen LogP contribution in [0, 0.1) is 0 Å². The topological polar surface area (TPSA) is 75.6 Å². The number of carbonyl (C=O) groups is 2. The van der Waals surface area contributed by atoms with E-state index in [0.29, 0.717) is 0 Å². The molecule has 0 spiro atoms. The molecule has 0 saturated heterocycles. The molecule has 0 heterocycles. The number of nitrogens with one attached hydrogen (secondary N) is 1. The summed E-state index contributed by atoms with van der Waals surface area (Å²) in [5.74, 6) is -0.874. The van der Waals surface area contributed by atoms with Gasteiger partial charge in [-0.15, -0.1) is 11.8 Å². The van der Waals surface area contributed by atoms with E-state index in [1.807, 2.05) is 42.5 Å². The molecule has 0 aromatic heterocycles. The van der Waals surface area contributed by atoms with Crippen LogP contribution < -0.4 is 5.32 Å². The number of hydrogen-bond acceptors (Lipinski definition) is 4. The van der Waals surface area contributed by atoms with Gasteiger partial charge in [-0.1, -0.05) is 30.3 Å². The number of alkyl carbamates (subject to hydrolysis) is 1. The number of carbonyl (C=O) groups excluding carboxylic acids is 1. The van der Waals surface area contributed by atoms with E-state index >= 15 is 0 Å². The van der Waals surface area contributed by atoms with Crippen molar-refractivity contribution in [3.8, 4) is 0 Å².